The third-order valence-corrected chi connectivity index (χ3v) is 3.96. The topological polar surface area (TPSA) is 39.1 Å². The normalized spacial score (nSPS) is 27.6. The Balaban J connectivity index is 2.73. The van der Waals surface area contributed by atoms with Gasteiger partial charge < -0.3 is 0 Å². The van der Waals surface area contributed by atoms with E-state index in [1.807, 2.05) is 6.92 Å². The summed E-state index contributed by atoms with van der Waals surface area (Å²) in [5, 5.41) is 12.7. The Hall–Kier alpha value is -0.800. The molecule has 1 aliphatic carbocycles. The predicted molar refractivity (Wildman–Crippen MR) is 72.2 cm³/mol. The summed E-state index contributed by atoms with van der Waals surface area (Å²) in [7, 11) is 0. The summed E-state index contributed by atoms with van der Waals surface area (Å²) < 4.78 is 37.8. The molecule has 0 amide bonds. The van der Waals surface area contributed by atoms with E-state index in [-0.39, 0.29) is 6.04 Å². The highest BCUT2D eigenvalue weighted by Crippen LogP contribution is 2.32. The molecule has 0 bridgehead atoms. The van der Waals surface area contributed by atoms with Crippen LogP contribution in [0.3, 0.4) is 0 Å². The van der Waals surface area contributed by atoms with Crippen LogP contribution in [0.4, 0.5) is 13.2 Å². The molecule has 2 atom stereocenters. The van der Waals surface area contributed by atoms with E-state index in [4.69, 9.17) is 0 Å². The first-order valence-electron chi connectivity index (χ1n) is 7.33. The van der Waals surface area contributed by atoms with Gasteiger partial charge in [-0.2, -0.15) is 18.4 Å². The Morgan fingerprint density at radius 3 is 2.60 bits per heavy atom. The molecule has 3 nitrogen and oxygen atoms in total. The highest BCUT2D eigenvalue weighted by atomic mass is 19.4. The van der Waals surface area contributed by atoms with Crippen molar-refractivity contribution < 1.29 is 13.2 Å². The molecule has 0 spiro atoms. The van der Waals surface area contributed by atoms with Gasteiger partial charge in [0.05, 0.1) is 12.6 Å². The summed E-state index contributed by atoms with van der Waals surface area (Å²) in [4.78, 5) is 1.46. The van der Waals surface area contributed by atoms with Gasteiger partial charge in [-0.15, -0.1) is 0 Å². The van der Waals surface area contributed by atoms with E-state index >= 15 is 0 Å². The molecular weight excluding hydrogens is 267 g/mol. The van der Waals surface area contributed by atoms with Crippen molar-refractivity contribution in [1.29, 1.82) is 5.26 Å². The number of hydrogen-bond acceptors (Lipinski definition) is 3. The van der Waals surface area contributed by atoms with E-state index in [9.17, 15) is 18.4 Å². The standard InChI is InChI=1S/C14H24F3N3/c1-3-8-19-13(10-18)7-5-6-12(9-13)20(4-2)11-14(15,16)17/h12,19H,3-9,11H2,1-2H3. The van der Waals surface area contributed by atoms with E-state index in [0.29, 0.717) is 13.0 Å². The molecule has 0 saturated heterocycles. The Labute approximate surface area is 119 Å². The van der Waals surface area contributed by atoms with Crippen LogP contribution in [0.2, 0.25) is 0 Å². The Morgan fingerprint density at radius 1 is 1.40 bits per heavy atom. The van der Waals surface area contributed by atoms with Crippen molar-refractivity contribution >= 4 is 0 Å². The highest BCUT2D eigenvalue weighted by molar-refractivity contribution is 5.11. The monoisotopic (exact) mass is 291 g/mol. The van der Waals surface area contributed by atoms with Crippen molar-refractivity contribution in [2.24, 2.45) is 0 Å². The van der Waals surface area contributed by atoms with Crippen LogP contribution in [-0.4, -0.2) is 42.3 Å². The second-order valence-corrected chi connectivity index (χ2v) is 5.55. The van der Waals surface area contributed by atoms with Crippen molar-refractivity contribution in [2.75, 3.05) is 19.6 Å². The van der Waals surface area contributed by atoms with Gasteiger partial charge in [0.25, 0.3) is 0 Å². The second kappa shape index (κ2) is 7.28. The molecule has 2 unspecified atom stereocenters. The van der Waals surface area contributed by atoms with Crippen molar-refractivity contribution in [3.63, 3.8) is 0 Å². The van der Waals surface area contributed by atoms with Gasteiger partial charge in [0.2, 0.25) is 0 Å². The van der Waals surface area contributed by atoms with E-state index < -0.39 is 18.3 Å². The lowest BCUT2D eigenvalue weighted by atomic mass is 9.79. The molecule has 1 N–H and O–H groups in total. The molecule has 20 heavy (non-hydrogen) atoms. The van der Waals surface area contributed by atoms with Gasteiger partial charge in [-0.1, -0.05) is 13.8 Å². The van der Waals surface area contributed by atoms with E-state index in [2.05, 4.69) is 11.4 Å². The van der Waals surface area contributed by atoms with E-state index in [0.717, 1.165) is 32.2 Å². The average Bonchev–Trinajstić information content (AvgIpc) is 2.42. The van der Waals surface area contributed by atoms with Gasteiger partial charge in [-0.25, -0.2) is 0 Å². The first kappa shape index (κ1) is 17.3. The van der Waals surface area contributed by atoms with Crippen LogP contribution < -0.4 is 5.32 Å². The lowest BCUT2D eigenvalue weighted by molar-refractivity contribution is -0.152. The lowest BCUT2D eigenvalue weighted by Gasteiger charge is -2.41. The Morgan fingerprint density at radius 2 is 2.10 bits per heavy atom. The first-order valence-corrected chi connectivity index (χ1v) is 7.33. The predicted octanol–water partition coefficient (Wildman–Crippen LogP) is 3.08. The Kier molecular flexibility index (Phi) is 6.28. The van der Waals surface area contributed by atoms with Gasteiger partial charge in [-0.3, -0.25) is 10.2 Å². The van der Waals surface area contributed by atoms with Gasteiger partial charge in [-0.05, 0) is 45.2 Å². The minimum absolute atomic E-state index is 0.167. The number of nitrogens with one attached hydrogen (secondary N) is 1. The number of halogens is 3. The molecule has 1 rings (SSSR count). The summed E-state index contributed by atoms with van der Waals surface area (Å²) >= 11 is 0. The maximum absolute atomic E-state index is 12.6. The fourth-order valence-corrected chi connectivity index (χ4v) is 2.95. The van der Waals surface area contributed by atoms with Crippen molar-refractivity contribution in [2.45, 2.75) is 63.7 Å². The van der Waals surface area contributed by atoms with Crippen molar-refractivity contribution in [1.82, 2.24) is 10.2 Å². The van der Waals surface area contributed by atoms with Crippen LogP contribution in [0.25, 0.3) is 0 Å². The fraction of sp³-hybridized carbons (Fsp3) is 0.929. The largest absolute Gasteiger partial charge is 0.401 e. The van der Waals surface area contributed by atoms with Crippen LogP contribution in [0, 0.1) is 11.3 Å². The van der Waals surface area contributed by atoms with Gasteiger partial charge in [0.15, 0.2) is 0 Å². The van der Waals surface area contributed by atoms with Crippen LogP contribution in [-0.2, 0) is 0 Å². The van der Waals surface area contributed by atoms with Gasteiger partial charge in [0, 0.05) is 6.04 Å². The third-order valence-electron chi connectivity index (χ3n) is 3.96. The summed E-state index contributed by atoms with van der Waals surface area (Å²) in [5.41, 5.74) is -0.655. The van der Waals surface area contributed by atoms with E-state index in [1.54, 1.807) is 6.92 Å². The van der Waals surface area contributed by atoms with Gasteiger partial charge in [0.1, 0.15) is 5.54 Å². The van der Waals surface area contributed by atoms with Crippen LogP contribution in [0.5, 0.6) is 0 Å². The first-order chi connectivity index (χ1) is 9.36. The van der Waals surface area contributed by atoms with Crippen LogP contribution in [0.1, 0.15) is 46.0 Å². The van der Waals surface area contributed by atoms with Gasteiger partial charge >= 0.3 is 6.18 Å². The quantitative estimate of drug-likeness (QED) is 0.817. The zero-order valence-corrected chi connectivity index (χ0v) is 12.3. The number of rotatable bonds is 6. The van der Waals surface area contributed by atoms with E-state index in [1.165, 1.54) is 4.90 Å². The minimum Gasteiger partial charge on any atom is -0.299 e. The van der Waals surface area contributed by atoms with Crippen molar-refractivity contribution in [3.8, 4) is 6.07 Å². The highest BCUT2D eigenvalue weighted by Gasteiger charge is 2.40. The molecule has 116 valence electrons. The molecule has 1 fully saturated rings. The number of nitriles is 1. The second-order valence-electron chi connectivity index (χ2n) is 5.55. The molecule has 6 heteroatoms. The maximum Gasteiger partial charge on any atom is 0.401 e. The molecule has 0 aromatic carbocycles. The van der Waals surface area contributed by atoms with Crippen LogP contribution >= 0.6 is 0 Å². The number of alkyl halides is 3. The minimum atomic E-state index is -4.18. The number of nitrogens with zero attached hydrogens (tertiary/aromatic N) is 2. The summed E-state index contributed by atoms with van der Waals surface area (Å²) in [5.74, 6) is 0. The SMILES string of the molecule is CCCNC1(C#N)CCCC(N(CC)CC(F)(F)F)C1. The zero-order valence-electron chi connectivity index (χ0n) is 12.3. The third kappa shape index (κ3) is 4.95. The van der Waals surface area contributed by atoms with Crippen molar-refractivity contribution in [3.05, 3.63) is 0 Å². The summed E-state index contributed by atoms with van der Waals surface area (Å²) in [6, 6.07) is 2.14. The summed E-state index contributed by atoms with van der Waals surface area (Å²) in [6.07, 6.45) is -0.533. The lowest BCUT2D eigenvalue weighted by Crippen LogP contribution is -2.54. The van der Waals surface area contributed by atoms with Crippen LogP contribution in [0.15, 0.2) is 0 Å². The molecule has 1 saturated carbocycles. The zero-order chi connectivity index (χ0) is 15.2. The molecule has 0 aromatic heterocycles. The maximum atomic E-state index is 12.6. The smallest absolute Gasteiger partial charge is 0.299 e. The summed E-state index contributed by atoms with van der Waals surface area (Å²) in [6.45, 7) is 3.96. The number of hydrogen-bond donors (Lipinski definition) is 1. The molecule has 1 aliphatic rings. The Bertz CT molecular complexity index is 338. The molecule has 0 aliphatic heterocycles. The average molecular weight is 291 g/mol. The fourth-order valence-electron chi connectivity index (χ4n) is 2.95. The molecule has 0 heterocycles. The molecule has 0 radical (unpaired) electrons. The molecule has 0 aromatic rings. The molecular formula is C14H24F3N3.